The zero-order chi connectivity index (χ0) is 14.0. The van der Waals surface area contributed by atoms with Crippen molar-refractivity contribution in [1.29, 1.82) is 0 Å². The minimum absolute atomic E-state index is 0.184. The summed E-state index contributed by atoms with van der Waals surface area (Å²) in [5, 5.41) is 12.2. The van der Waals surface area contributed by atoms with E-state index in [1.54, 1.807) is 31.3 Å². The fourth-order valence-electron chi connectivity index (χ4n) is 1.78. The molecule has 19 heavy (non-hydrogen) atoms. The number of nitrogens with zero attached hydrogens (tertiary/aromatic N) is 2. The molecule has 2 rings (SSSR count). The Morgan fingerprint density at radius 1 is 1.16 bits per heavy atom. The van der Waals surface area contributed by atoms with Crippen molar-refractivity contribution in [2.45, 2.75) is 6.54 Å². The van der Waals surface area contributed by atoms with Crippen molar-refractivity contribution < 1.29 is 5.11 Å². The third kappa shape index (κ3) is 2.67. The minimum Gasteiger partial charge on any atom is -0.508 e. The minimum atomic E-state index is -0.349. The highest BCUT2D eigenvalue weighted by Crippen LogP contribution is 2.13. The Morgan fingerprint density at radius 2 is 1.79 bits per heavy atom. The van der Waals surface area contributed by atoms with Gasteiger partial charge in [-0.1, -0.05) is 0 Å². The number of anilines is 1. The van der Waals surface area contributed by atoms with Gasteiger partial charge in [0.1, 0.15) is 5.75 Å². The van der Waals surface area contributed by atoms with Gasteiger partial charge in [0, 0.05) is 32.5 Å². The van der Waals surface area contributed by atoms with E-state index in [9.17, 15) is 14.7 Å². The molecule has 0 saturated heterocycles. The summed E-state index contributed by atoms with van der Waals surface area (Å²) in [6.45, 7) is 0.311. The monoisotopic (exact) mass is 261 g/mol. The molecule has 0 atom stereocenters. The van der Waals surface area contributed by atoms with Crippen LogP contribution in [0, 0.1) is 0 Å². The summed E-state index contributed by atoms with van der Waals surface area (Å²) >= 11 is 0. The molecule has 1 aromatic carbocycles. The molecule has 0 fully saturated rings. The quantitative estimate of drug-likeness (QED) is 0.784. The molecule has 2 aromatic rings. The fourth-order valence-corrected chi connectivity index (χ4v) is 1.78. The summed E-state index contributed by atoms with van der Waals surface area (Å²) in [5.41, 5.74) is 0.624. The van der Waals surface area contributed by atoms with Gasteiger partial charge in [-0.05, 0) is 24.3 Å². The summed E-state index contributed by atoms with van der Waals surface area (Å²) in [6, 6.07) is 6.53. The van der Waals surface area contributed by atoms with Gasteiger partial charge in [-0.2, -0.15) is 0 Å². The second kappa shape index (κ2) is 5.01. The van der Waals surface area contributed by atoms with Crippen LogP contribution in [0.5, 0.6) is 5.75 Å². The number of aryl methyl sites for hydroxylation is 1. The van der Waals surface area contributed by atoms with Crippen molar-refractivity contribution in [3.8, 4) is 5.75 Å². The average Bonchev–Trinajstić information content (AvgIpc) is 2.41. The van der Waals surface area contributed by atoms with Gasteiger partial charge in [-0.15, -0.1) is 0 Å². The first kappa shape index (κ1) is 12.9. The summed E-state index contributed by atoms with van der Waals surface area (Å²) in [4.78, 5) is 23.4. The highest BCUT2D eigenvalue weighted by atomic mass is 16.3. The van der Waals surface area contributed by atoms with Crippen molar-refractivity contribution in [2.24, 2.45) is 14.1 Å². The maximum atomic E-state index is 11.9. The molecule has 0 bridgehead atoms. The number of phenolic OH excluding ortho intramolecular Hbond substituents is 1. The van der Waals surface area contributed by atoms with E-state index < -0.39 is 0 Å². The van der Waals surface area contributed by atoms with Crippen LogP contribution in [0.2, 0.25) is 0 Å². The molecular formula is C13H15N3O3. The highest BCUT2D eigenvalue weighted by molar-refractivity contribution is 5.46. The third-order valence-corrected chi connectivity index (χ3v) is 2.87. The lowest BCUT2D eigenvalue weighted by molar-refractivity contribution is 0.475. The van der Waals surface area contributed by atoms with Gasteiger partial charge in [-0.25, -0.2) is 4.79 Å². The number of benzene rings is 1. The molecular weight excluding hydrogens is 246 g/mol. The molecule has 0 aliphatic carbocycles. The predicted molar refractivity (Wildman–Crippen MR) is 72.4 cm³/mol. The summed E-state index contributed by atoms with van der Waals surface area (Å²) in [7, 11) is 3.06. The number of aromatic nitrogens is 2. The second-order valence-electron chi connectivity index (χ2n) is 4.31. The molecule has 0 saturated carbocycles. The molecule has 0 unspecified atom stereocenters. The maximum absolute atomic E-state index is 11.9. The van der Waals surface area contributed by atoms with Crippen LogP contribution in [0.3, 0.4) is 0 Å². The lowest BCUT2D eigenvalue weighted by Crippen LogP contribution is -2.38. The largest absolute Gasteiger partial charge is 0.508 e. The van der Waals surface area contributed by atoms with E-state index >= 15 is 0 Å². The molecule has 0 aliphatic rings. The summed E-state index contributed by atoms with van der Waals surface area (Å²) in [6.07, 6.45) is 1.53. The van der Waals surface area contributed by atoms with Gasteiger partial charge in [0.15, 0.2) is 0 Å². The van der Waals surface area contributed by atoms with Crippen LogP contribution in [0.1, 0.15) is 5.56 Å². The number of phenols is 1. The Hall–Kier alpha value is -2.50. The van der Waals surface area contributed by atoms with Crippen molar-refractivity contribution in [2.75, 3.05) is 5.32 Å². The smallest absolute Gasteiger partial charge is 0.330 e. The van der Waals surface area contributed by atoms with Crippen LogP contribution in [0.4, 0.5) is 5.69 Å². The molecule has 0 spiro atoms. The Kier molecular flexibility index (Phi) is 3.41. The zero-order valence-corrected chi connectivity index (χ0v) is 10.8. The van der Waals surface area contributed by atoms with Crippen LogP contribution in [-0.4, -0.2) is 14.2 Å². The lowest BCUT2D eigenvalue weighted by atomic mass is 10.2. The standard InChI is InChI=1S/C13H15N3O3/c1-15-8-9(12(18)16(2)13(15)19)7-14-10-3-5-11(17)6-4-10/h3-6,8,14,17H,7H2,1-2H3. The van der Waals surface area contributed by atoms with Gasteiger partial charge in [0.25, 0.3) is 5.56 Å². The molecule has 6 nitrogen and oxygen atoms in total. The number of hydrogen-bond donors (Lipinski definition) is 2. The Morgan fingerprint density at radius 3 is 2.42 bits per heavy atom. The molecule has 1 aromatic heterocycles. The van der Waals surface area contributed by atoms with Crippen molar-refractivity contribution in [3.63, 3.8) is 0 Å². The lowest BCUT2D eigenvalue weighted by Gasteiger charge is -2.09. The average molecular weight is 261 g/mol. The van der Waals surface area contributed by atoms with Crippen LogP contribution >= 0.6 is 0 Å². The zero-order valence-electron chi connectivity index (χ0n) is 10.8. The molecule has 0 amide bonds. The van der Waals surface area contributed by atoms with E-state index in [0.717, 1.165) is 10.3 Å². The fraction of sp³-hybridized carbons (Fsp3) is 0.231. The molecule has 100 valence electrons. The number of hydrogen-bond acceptors (Lipinski definition) is 4. The van der Waals surface area contributed by atoms with Crippen LogP contribution < -0.4 is 16.6 Å². The second-order valence-corrected chi connectivity index (χ2v) is 4.31. The van der Waals surface area contributed by atoms with Crippen molar-refractivity contribution in [3.05, 3.63) is 56.9 Å². The van der Waals surface area contributed by atoms with Gasteiger partial charge in [0.05, 0.1) is 5.56 Å². The molecule has 0 aliphatic heterocycles. The maximum Gasteiger partial charge on any atom is 0.330 e. The van der Waals surface area contributed by atoms with Crippen molar-refractivity contribution in [1.82, 2.24) is 9.13 Å². The number of aromatic hydroxyl groups is 1. The number of nitrogens with one attached hydrogen (secondary N) is 1. The first-order valence-corrected chi connectivity index (χ1v) is 5.77. The van der Waals surface area contributed by atoms with Crippen LogP contribution in [0.25, 0.3) is 0 Å². The van der Waals surface area contributed by atoms with Gasteiger partial charge in [0.2, 0.25) is 0 Å². The first-order valence-electron chi connectivity index (χ1n) is 5.77. The van der Waals surface area contributed by atoms with E-state index in [4.69, 9.17) is 0 Å². The molecule has 2 N–H and O–H groups in total. The van der Waals surface area contributed by atoms with E-state index in [1.807, 2.05) is 0 Å². The summed E-state index contributed by atoms with van der Waals surface area (Å²) in [5.74, 6) is 0.184. The normalized spacial score (nSPS) is 10.4. The van der Waals surface area contributed by atoms with Gasteiger partial charge in [-0.3, -0.25) is 9.36 Å². The third-order valence-electron chi connectivity index (χ3n) is 2.87. The molecule has 0 radical (unpaired) electrons. The molecule has 1 heterocycles. The van der Waals surface area contributed by atoms with E-state index in [2.05, 4.69) is 5.32 Å². The van der Waals surface area contributed by atoms with Crippen molar-refractivity contribution >= 4 is 5.69 Å². The Labute approximate surface area is 109 Å². The predicted octanol–water partition coefficient (Wildman–Crippen LogP) is 0.402. The first-order chi connectivity index (χ1) is 8.99. The van der Waals surface area contributed by atoms with Gasteiger partial charge < -0.3 is 15.0 Å². The Bertz CT molecular complexity index is 699. The topological polar surface area (TPSA) is 76.3 Å². The van der Waals surface area contributed by atoms with E-state index in [1.165, 1.54) is 17.8 Å². The van der Waals surface area contributed by atoms with Gasteiger partial charge >= 0.3 is 5.69 Å². The SMILES string of the molecule is Cn1cc(CNc2ccc(O)cc2)c(=O)n(C)c1=O. The van der Waals surface area contributed by atoms with E-state index in [-0.39, 0.29) is 17.0 Å². The summed E-state index contributed by atoms with van der Waals surface area (Å²) < 4.78 is 2.45. The highest BCUT2D eigenvalue weighted by Gasteiger charge is 2.06. The van der Waals surface area contributed by atoms with E-state index in [0.29, 0.717) is 12.1 Å². The van der Waals surface area contributed by atoms with Crippen LogP contribution in [-0.2, 0) is 20.6 Å². The Balaban J connectivity index is 2.23. The molecule has 6 heteroatoms. The number of rotatable bonds is 3. The van der Waals surface area contributed by atoms with Crippen LogP contribution in [0.15, 0.2) is 40.1 Å².